The van der Waals surface area contributed by atoms with Crippen LogP contribution in [0.2, 0.25) is 5.04 Å². The summed E-state index contributed by atoms with van der Waals surface area (Å²) in [5, 5.41) is 17.6. The van der Waals surface area contributed by atoms with Crippen molar-refractivity contribution in [1.82, 2.24) is 15.0 Å². The average molecular weight is 599 g/mol. The minimum Gasteiger partial charge on any atom is -0.480 e. The monoisotopic (exact) mass is 598 g/mol. The van der Waals surface area contributed by atoms with Crippen LogP contribution in [0.5, 0.6) is 5.88 Å². The molecule has 10 nitrogen and oxygen atoms in total. The van der Waals surface area contributed by atoms with Gasteiger partial charge in [-0.15, -0.1) is 0 Å². The van der Waals surface area contributed by atoms with Crippen LogP contribution in [-0.4, -0.2) is 41.4 Å². The maximum atomic E-state index is 12.4. The van der Waals surface area contributed by atoms with E-state index in [9.17, 15) is 10.1 Å². The van der Waals surface area contributed by atoms with Gasteiger partial charge in [0.25, 0.3) is 8.32 Å². The van der Waals surface area contributed by atoms with E-state index in [0.29, 0.717) is 18.0 Å². The Morgan fingerprint density at radius 1 is 0.953 bits per heavy atom. The number of nitrogens with zero attached hydrogens (tertiary/aromatic N) is 4. The number of anilines is 3. The molecule has 0 saturated heterocycles. The molecule has 5 rings (SSSR count). The van der Waals surface area contributed by atoms with E-state index in [0.717, 1.165) is 29.6 Å². The van der Waals surface area contributed by atoms with Crippen molar-refractivity contribution in [3.8, 4) is 5.88 Å². The fourth-order valence-electron chi connectivity index (χ4n) is 6.23. The van der Waals surface area contributed by atoms with Gasteiger partial charge in [-0.05, 0) is 40.4 Å². The Labute approximate surface area is 253 Å². The summed E-state index contributed by atoms with van der Waals surface area (Å²) in [6.07, 6.45) is 4.55. The lowest BCUT2D eigenvalue weighted by molar-refractivity contribution is -0.385. The van der Waals surface area contributed by atoms with Crippen molar-refractivity contribution in [3.63, 3.8) is 0 Å². The number of aromatic nitrogens is 3. The third-order valence-electron chi connectivity index (χ3n) is 8.13. The van der Waals surface area contributed by atoms with Gasteiger partial charge in [-0.2, -0.15) is 4.98 Å². The van der Waals surface area contributed by atoms with Crippen molar-refractivity contribution < 1.29 is 14.1 Å². The highest BCUT2D eigenvalue weighted by molar-refractivity contribution is 6.99. The van der Waals surface area contributed by atoms with Crippen molar-refractivity contribution in [2.24, 2.45) is 0 Å². The minimum atomic E-state index is -2.94. The van der Waals surface area contributed by atoms with Crippen molar-refractivity contribution in [2.45, 2.75) is 63.5 Å². The summed E-state index contributed by atoms with van der Waals surface area (Å²) in [7, 11) is -1.43. The van der Waals surface area contributed by atoms with Gasteiger partial charge in [0.05, 0.1) is 18.1 Å². The number of rotatable bonds is 9. The van der Waals surface area contributed by atoms with Crippen LogP contribution in [0.3, 0.4) is 0 Å². The Balaban J connectivity index is 1.64. The van der Waals surface area contributed by atoms with Crippen LogP contribution in [0, 0.1) is 10.1 Å². The molecular formula is C32H38N6O4Si. The van der Waals surface area contributed by atoms with E-state index in [2.05, 4.69) is 60.3 Å². The summed E-state index contributed by atoms with van der Waals surface area (Å²) >= 11 is 0. The molecule has 0 bridgehead atoms. The maximum Gasteiger partial charge on any atom is 0.332 e. The quantitative estimate of drug-likeness (QED) is 0.141. The number of hydrogen-bond acceptors (Lipinski definition) is 9. The SMILES string of the molecule is COc1ncccc1Nc1nc(N)c([N+](=O)[O-])c([C@@H]2CCCC[C@H]2O[Si](c2ccccc2)(c2ccccc2)C(C)(C)C)n1. The lowest BCUT2D eigenvalue weighted by Crippen LogP contribution is -2.68. The molecule has 0 spiro atoms. The third kappa shape index (κ3) is 5.95. The summed E-state index contributed by atoms with van der Waals surface area (Å²) in [6.45, 7) is 6.68. The molecule has 2 aromatic carbocycles. The first kappa shape index (κ1) is 30.1. The van der Waals surface area contributed by atoms with E-state index in [1.807, 2.05) is 36.4 Å². The summed E-state index contributed by atoms with van der Waals surface area (Å²) in [5.41, 5.74) is 6.80. The molecule has 1 aliphatic rings. The Kier molecular flexibility index (Phi) is 8.74. The molecule has 224 valence electrons. The number of hydrogen-bond donors (Lipinski definition) is 2. The molecule has 3 N–H and O–H groups in total. The maximum absolute atomic E-state index is 12.4. The number of nitrogen functional groups attached to an aromatic ring is 1. The van der Waals surface area contributed by atoms with E-state index in [1.165, 1.54) is 7.11 Å². The highest BCUT2D eigenvalue weighted by Crippen LogP contribution is 2.45. The Morgan fingerprint density at radius 3 is 2.16 bits per heavy atom. The Morgan fingerprint density at radius 2 is 1.58 bits per heavy atom. The first-order valence-corrected chi connectivity index (χ1v) is 16.4. The summed E-state index contributed by atoms with van der Waals surface area (Å²) in [5.74, 6) is -0.0816. The second kappa shape index (κ2) is 12.5. The van der Waals surface area contributed by atoms with Crippen molar-refractivity contribution in [3.05, 3.63) is 94.8 Å². The third-order valence-corrected chi connectivity index (χ3v) is 13.2. The van der Waals surface area contributed by atoms with Crippen LogP contribution in [0.4, 0.5) is 23.1 Å². The fourth-order valence-corrected chi connectivity index (χ4v) is 11.0. The molecule has 2 heterocycles. The van der Waals surface area contributed by atoms with Crippen molar-refractivity contribution >= 4 is 41.8 Å². The predicted molar refractivity (Wildman–Crippen MR) is 171 cm³/mol. The molecule has 0 radical (unpaired) electrons. The Hall–Kier alpha value is -4.35. The smallest absolute Gasteiger partial charge is 0.332 e. The second-order valence-corrected chi connectivity index (χ2v) is 16.1. The zero-order chi connectivity index (χ0) is 30.6. The van der Waals surface area contributed by atoms with E-state index >= 15 is 0 Å². The molecule has 0 amide bonds. The molecule has 2 aromatic heterocycles. The van der Waals surface area contributed by atoms with Crippen LogP contribution in [0.1, 0.15) is 58.1 Å². The van der Waals surface area contributed by atoms with E-state index < -0.39 is 13.2 Å². The lowest BCUT2D eigenvalue weighted by atomic mass is 9.83. The van der Waals surface area contributed by atoms with Crippen LogP contribution < -0.4 is 26.2 Å². The number of pyridine rings is 1. The van der Waals surface area contributed by atoms with E-state index in [4.69, 9.17) is 19.9 Å². The summed E-state index contributed by atoms with van der Waals surface area (Å²) in [6, 6.07) is 24.3. The van der Waals surface area contributed by atoms with Gasteiger partial charge >= 0.3 is 5.69 Å². The fraction of sp³-hybridized carbons (Fsp3) is 0.344. The molecule has 11 heteroatoms. The van der Waals surface area contributed by atoms with Gasteiger partial charge in [0, 0.05) is 12.1 Å². The first-order valence-electron chi connectivity index (χ1n) is 14.5. The first-order chi connectivity index (χ1) is 20.7. The van der Waals surface area contributed by atoms with Crippen LogP contribution in [-0.2, 0) is 4.43 Å². The lowest BCUT2D eigenvalue weighted by Gasteiger charge is -2.47. The van der Waals surface area contributed by atoms with Crippen LogP contribution >= 0.6 is 0 Å². The predicted octanol–water partition coefficient (Wildman–Crippen LogP) is 5.72. The normalized spacial score (nSPS) is 17.3. The molecule has 1 aliphatic carbocycles. The molecule has 43 heavy (non-hydrogen) atoms. The highest BCUT2D eigenvalue weighted by Gasteiger charge is 2.53. The molecule has 1 saturated carbocycles. The standard InChI is InChI=1S/C32H38N6O4Si/c1-32(2,3)43(22-14-7-5-8-15-22,23-16-9-6-10-17-23)42-26-20-12-11-18-24(26)27-28(38(39)40)29(33)37-31(36-27)35-25-19-13-21-34-30(25)41-4/h5-10,13-17,19,21,24,26H,11-12,18,20H2,1-4H3,(H3,33,35,36,37)/t24-,26-/m1/s1. The zero-order valence-corrected chi connectivity index (χ0v) is 26.0. The molecular weight excluding hydrogens is 560 g/mol. The number of ether oxygens (including phenoxy) is 1. The van der Waals surface area contributed by atoms with Gasteiger partial charge in [-0.3, -0.25) is 10.1 Å². The highest BCUT2D eigenvalue weighted by atomic mass is 28.4. The topological polar surface area (TPSA) is 138 Å². The number of nitrogens with two attached hydrogens (primary N) is 1. The number of methoxy groups -OCH3 is 1. The van der Waals surface area contributed by atoms with Gasteiger partial charge in [0.15, 0.2) is 0 Å². The van der Waals surface area contributed by atoms with Crippen LogP contribution in [0.25, 0.3) is 0 Å². The van der Waals surface area contributed by atoms with E-state index in [1.54, 1.807) is 18.3 Å². The number of benzene rings is 2. The van der Waals surface area contributed by atoms with Crippen molar-refractivity contribution in [2.75, 3.05) is 18.2 Å². The van der Waals surface area contributed by atoms with E-state index in [-0.39, 0.29) is 40.2 Å². The van der Waals surface area contributed by atoms with Gasteiger partial charge in [-0.1, -0.05) is 94.3 Å². The second-order valence-electron chi connectivity index (χ2n) is 11.8. The van der Waals surface area contributed by atoms with Crippen molar-refractivity contribution in [1.29, 1.82) is 0 Å². The molecule has 0 unspecified atom stereocenters. The zero-order valence-electron chi connectivity index (χ0n) is 25.0. The van der Waals surface area contributed by atoms with Gasteiger partial charge in [0.1, 0.15) is 11.4 Å². The molecule has 2 atom stereocenters. The molecule has 4 aromatic rings. The largest absolute Gasteiger partial charge is 0.480 e. The Bertz CT molecular complexity index is 1530. The number of nitrogens with one attached hydrogen (secondary N) is 1. The number of nitro groups is 1. The minimum absolute atomic E-state index is 0.138. The molecule has 1 fully saturated rings. The summed E-state index contributed by atoms with van der Waals surface area (Å²) < 4.78 is 12.9. The summed E-state index contributed by atoms with van der Waals surface area (Å²) in [4.78, 5) is 25.1. The van der Waals surface area contributed by atoms with Crippen LogP contribution in [0.15, 0.2) is 79.0 Å². The van der Waals surface area contributed by atoms with Gasteiger partial charge < -0.3 is 20.2 Å². The molecule has 0 aliphatic heterocycles. The average Bonchev–Trinajstić information content (AvgIpc) is 3.00. The van der Waals surface area contributed by atoms with Gasteiger partial charge in [0.2, 0.25) is 17.6 Å². The van der Waals surface area contributed by atoms with Gasteiger partial charge in [-0.25, -0.2) is 9.97 Å².